The monoisotopic (exact) mass is 274 g/mol. The van der Waals surface area contributed by atoms with Gasteiger partial charge in [-0.05, 0) is 6.42 Å². The molecule has 2 atom stereocenters. The molecule has 7 nitrogen and oxygen atoms in total. The van der Waals surface area contributed by atoms with Gasteiger partial charge < -0.3 is 20.1 Å². The van der Waals surface area contributed by atoms with Crippen LogP contribution in [0.25, 0.3) is 0 Å². The topological polar surface area (TPSA) is 95.9 Å². The first-order valence-corrected chi connectivity index (χ1v) is 6.09. The van der Waals surface area contributed by atoms with Crippen molar-refractivity contribution in [2.45, 2.75) is 20.3 Å². The van der Waals surface area contributed by atoms with Crippen molar-refractivity contribution < 1.29 is 24.2 Å². The fourth-order valence-corrected chi connectivity index (χ4v) is 1.42. The number of nitrogens with one attached hydrogen (secondary N) is 1. The normalized spacial score (nSPS) is 13.3. The van der Waals surface area contributed by atoms with Crippen LogP contribution in [0.4, 0.5) is 4.79 Å². The maximum Gasteiger partial charge on any atom is 0.317 e. The van der Waals surface area contributed by atoms with E-state index in [0.717, 1.165) is 0 Å². The van der Waals surface area contributed by atoms with Gasteiger partial charge in [0.1, 0.15) is 0 Å². The lowest BCUT2D eigenvalue weighted by atomic mass is 10.1. The number of carboxylic acids is 1. The Balaban J connectivity index is 4.01. The van der Waals surface area contributed by atoms with Crippen LogP contribution in [0.5, 0.6) is 0 Å². The first-order valence-electron chi connectivity index (χ1n) is 6.09. The van der Waals surface area contributed by atoms with Crippen molar-refractivity contribution in [3.63, 3.8) is 0 Å². The molecule has 110 valence electrons. The summed E-state index contributed by atoms with van der Waals surface area (Å²) in [6.07, 6.45) is 0.363. The van der Waals surface area contributed by atoms with Crippen LogP contribution in [0.15, 0.2) is 0 Å². The summed E-state index contributed by atoms with van der Waals surface area (Å²) in [5.74, 6) is -2.17. The Bertz CT molecular complexity index is 332. The second-order valence-corrected chi connectivity index (χ2v) is 4.56. The summed E-state index contributed by atoms with van der Waals surface area (Å²) in [7, 11) is 2.86. The number of hydrogen-bond acceptors (Lipinski definition) is 4. The molecule has 0 fully saturated rings. The minimum atomic E-state index is -0.887. The van der Waals surface area contributed by atoms with E-state index in [0.29, 0.717) is 6.42 Å². The third-order valence-corrected chi connectivity index (χ3v) is 2.77. The number of ether oxygens (including phenoxy) is 1. The average molecular weight is 274 g/mol. The van der Waals surface area contributed by atoms with Crippen molar-refractivity contribution in [1.29, 1.82) is 0 Å². The van der Waals surface area contributed by atoms with E-state index in [2.05, 4.69) is 10.1 Å². The molecule has 2 unspecified atom stereocenters. The molecule has 0 radical (unpaired) electrons. The number of hydrogen-bond donors (Lipinski definition) is 2. The Morgan fingerprint density at radius 2 is 1.84 bits per heavy atom. The maximum atomic E-state index is 11.7. The molecule has 0 aliphatic carbocycles. The SMILES string of the molecule is COC(=O)C(C)CN(C)C(=O)NCCC(C)C(=O)O. The summed E-state index contributed by atoms with van der Waals surface area (Å²) in [5.41, 5.74) is 0. The Labute approximate surface area is 112 Å². The van der Waals surface area contributed by atoms with Gasteiger partial charge >= 0.3 is 18.0 Å². The lowest BCUT2D eigenvalue weighted by Gasteiger charge is -2.21. The zero-order valence-electron chi connectivity index (χ0n) is 11.8. The molecule has 0 aromatic heterocycles. The smallest absolute Gasteiger partial charge is 0.317 e. The van der Waals surface area contributed by atoms with E-state index < -0.39 is 17.8 Å². The molecule has 2 amide bonds. The zero-order valence-corrected chi connectivity index (χ0v) is 11.8. The third kappa shape index (κ3) is 6.64. The molecule has 0 heterocycles. The minimum Gasteiger partial charge on any atom is -0.481 e. The average Bonchev–Trinajstić information content (AvgIpc) is 2.36. The van der Waals surface area contributed by atoms with Gasteiger partial charge in [-0.2, -0.15) is 0 Å². The first kappa shape index (κ1) is 17.2. The third-order valence-electron chi connectivity index (χ3n) is 2.77. The highest BCUT2D eigenvalue weighted by molar-refractivity contribution is 5.76. The van der Waals surface area contributed by atoms with Gasteiger partial charge in [0.15, 0.2) is 0 Å². The predicted molar refractivity (Wildman–Crippen MR) is 68.6 cm³/mol. The van der Waals surface area contributed by atoms with Gasteiger partial charge in [0.05, 0.1) is 18.9 Å². The van der Waals surface area contributed by atoms with Crippen molar-refractivity contribution in [3.8, 4) is 0 Å². The van der Waals surface area contributed by atoms with Crippen LogP contribution in [-0.2, 0) is 14.3 Å². The highest BCUT2D eigenvalue weighted by Crippen LogP contribution is 2.02. The Morgan fingerprint density at radius 1 is 1.26 bits per heavy atom. The number of methoxy groups -OCH3 is 1. The minimum absolute atomic E-state index is 0.243. The van der Waals surface area contributed by atoms with E-state index >= 15 is 0 Å². The van der Waals surface area contributed by atoms with Gasteiger partial charge in [-0.15, -0.1) is 0 Å². The standard InChI is InChI=1S/C12H22N2O5/c1-8(10(15)16)5-6-13-12(18)14(3)7-9(2)11(17)19-4/h8-9H,5-7H2,1-4H3,(H,13,18)(H,15,16). The quantitative estimate of drug-likeness (QED) is 0.661. The van der Waals surface area contributed by atoms with Crippen molar-refractivity contribution in [2.75, 3.05) is 27.2 Å². The summed E-state index contributed by atoms with van der Waals surface area (Å²) >= 11 is 0. The van der Waals surface area contributed by atoms with E-state index in [9.17, 15) is 14.4 Å². The van der Waals surface area contributed by atoms with Crippen LogP contribution in [0.1, 0.15) is 20.3 Å². The number of esters is 1. The summed E-state index contributed by atoms with van der Waals surface area (Å²) in [4.78, 5) is 34.8. The van der Waals surface area contributed by atoms with Crippen molar-refractivity contribution >= 4 is 18.0 Å². The number of amides is 2. The molecule has 7 heteroatoms. The van der Waals surface area contributed by atoms with Crippen LogP contribution < -0.4 is 5.32 Å². The number of carboxylic acid groups (broad SMARTS) is 1. The molecule has 0 aliphatic heterocycles. The fraction of sp³-hybridized carbons (Fsp3) is 0.750. The van der Waals surface area contributed by atoms with Gasteiger partial charge in [0, 0.05) is 20.1 Å². The molecular weight excluding hydrogens is 252 g/mol. The van der Waals surface area contributed by atoms with Crippen LogP contribution in [0.2, 0.25) is 0 Å². The van der Waals surface area contributed by atoms with Crippen LogP contribution in [0.3, 0.4) is 0 Å². The lowest BCUT2D eigenvalue weighted by Crippen LogP contribution is -2.41. The van der Waals surface area contributed by atoms with E-state index in [-0.39, 0.29) is 25.1 Å². The van der Waals surface area contributed by atoms with Crippen LogP contribution in [-0.4, -0.2) is 55.2 Å². The van der Waals surface area contributed by atoms with E-state index in [1.165, 1.54) is 12.0 Å². The summed E-state index contributed by atoms with van der Waals surface area (Å²) in [6.45, 7) is 3.77. The summed E-state index contributed by atoms with van der Waals surface area (Å²) in [6, 6.07) is -0.339. The highest BCUT2D eigenvalue weighted by atomic mass is 16.5. The predicted octanol–water partition coefficient (Wildman–Crippen LogP) is 0.548. The van der Waals surface area contributed by atoms with Crippen molar-refractivity contribution in [1.82, 2.24) is 10.2 Å². The van der Waals surface area contributed by atoms with Crippen molar-refractivity contribution in [3.05, 3.63) is 0 Å². The number of carbonyl (C=O) groups is 3. The van der Waals surface area contributed by atoms with Gasteiger partial charge in [-0.3, -0.25) is 9.59 Å². The lowest BCUT2D eigenvalue weighted by molar-refractivity contribution is -0.145. The molecule has 0 spiro atoms. The molecule has 0 saturated carbocycles. The summed E-state index contributed by atoms with van der Waals surface area (Å²) in [5, 5.41) is 11.3. The molecule has 0 aliphatic rings. The Morgan fingerprint density at radius 3 is 2.32 bits per heavy atom. The van der Waals surface area contributed by atoms with Crippen LogP contribution >= 0.6 is 0 Å². The first-order chi connectivity index (χ1) is 8.79. The molecule has 19 heavy (non-hydrogen) atoms. The molecule has 0 aromatic carbocycles. The highest BCUT2D eigenvalue weighted by Gasteiger charge is 2.18. The summed E-state index contributed by atoms with van der Waals surface area (Å²) < 4.78 is 4.57. The molecule has 0 bridgehead atoms. The number of carbonyl (C=O) groups excluding carboxylic acids is 2. The van der Waals surface area contributed by atoms with Gasteiger partial charge in [0.25, 0.3) is 0 Å². The number of rotatable bonds is 7. The van der Waals surface area contributed by atoms with Gasteiger partial charge in [-0.25, -0.2) is 4.79 Å². The molecule has 0 aromatic rings. The zero-order chi connectivity index (χ0) is 15.0. The van der Waals surface area contributed by atoms with Crippen LogP contribution in [0, 0.1) is 11.8 Å². The molecular formula is C12H22N2O5. The second-order valence-electron chi connectivity index (χ2n) is 4.56. The number of aliphatic carboxylic acids is 1. The second kappa shape index (κ2) is 8.34. The maximum absolute atomic E-state index is 11.7. The molecule has 0 rings (SSSR count). The van der Waals surface area contributed by atoms with Gasteiger partial charge in [-0.1, -0.05) is 13.8 Å². The Hall–Kier alpha value is -1.79. The number of urea groups is 1. The largest absolute Gasteiger partial charge is 0.481 e. The Kier molecular flexibility index (Phi) is 7.55. The molecule has 2 N–H and O–H groups in total. The number of nitrogens with zero attached hydrogens (tertiary/aromatic N) is 1. The fourth-order valence-electron chi connectivity index (χ4n) is 1.42. The van der Waals surface area contributed by atoms with E-state index in [1.54, 1.807) is 20.9 Å². The van der Waals surface area contributed by atoms with Gasteiger partial charge in [0.2, 0.25) is 0 Å². The van der Waals surface area contributed by atoms with Crippen molar-refractivity contribution in [2.24, 2.45) is 11.8 Å². The van der Waals surface area contributed by atoms with E-state index in [1.807, 2.05) is 0 Å². The molecule has 0 saturated heterocycles. The van der Waals surface area contributed by atoms with E-state index in [4.69, 9.17) is 5.11 Å².